The Bertz CT molecular complexity index is 979. The molecule has 0 unspecified atom stereocenters. The second-order valence-corrected chi connectivity index (χ2v) is 6.40. The molecule has 0 aliphatic rings. The number of aromatic nitrogens is 4. The maximum absolute atomic E-state index is 5.45. The molecule has 4 aromatic rings. The van der Waals surface area contributed by atoms with E-state index in [-0.39, 0.29) is 6.04 Å². The van der Waals surface area contributed by atoms with E-state index in [9.17, 15) is 0 Å². The average Bonchev–Trinajstić information content (AvgIpc) is 3.38. The van der Waals surface area contributed by atoms with Gasteiger partial charge in [-0.05, 0) is 24.1 Å². The van der Waals surface area contributed by atoms with Gasteiger partial charge in [-0.25, -0.2) is 0 Å². The van der Waals surface area contributed by atoms with Crippen LogP contribution in [-0.4, -0.2) is 19.9 Å². The van der Waals surface area contributed by atoms with Gasteiger partial charge in [0.1, 0.15) is 0 Å². The zero-order chi connectivity index (χ0) is 18.5. The standard InChI is InChI=1S/C21H21N5O/c1-16-8-5-6-11-18(16)21-24-20(27-25-21)14-22-19(15-26-13-7-12-23-26)17-9-3-2-4-10-17/h2-13,19,22H,14-15H2,1H3/t19-/m1/s1. The Morgan fingerprint density at radius 1 is 1.04 bits per heavy atom. The molecule has 0 saturated carbocycles. The molecule has 0 saturated heterocycles. The number of nitrogens with zero attached hydrogens (tertiary/aromatic N) is 4. The molecule has 1 atom stereocenters. The first kappa shape index (κ1) is 17.2. The van der Waals surface area contributed by atoms with Crippen LogP contribution in [0.1, 0.15) is 23.1 Å². The zero-order valence-corrected chi connectivity index (χ0v) is 15.1. The van der Waals surface area contributed by atoms with Crippen LogP contribution in [0.15, 0.2) is 77.6 Å². The number of hydrogen-bond acceptors (Lipinski definition) is 5. The summed E-state index contributed by atoms with van der Waals surface area (Å²) in [6.45, 7) is 3.24. The second kappa shape index (κ2) is 7.97. The van der Waals surface area contributed by atoms with E-state index in [1.165, 1.54) is 5.56 Å². The minimum Gasteiger partial charge on any atom is -0.338 e. The highest BCUT2D eigenvalue weighted by molar-refractivity contribution is 5.58. The van der Waals surface area contributed by atoms with E-state index >= 15 is 0 Å². The van der Waals surface area contributed by atoms with Gasteiger partial charge in [-0.3, -0.25) is 10.00 Å². The highest BCUT2D eigenvalue weighted by Gasteiger charge is 2.15. The van der Waals surface area contributed by atoms with Gasteiger partial charge in [0, 0.05) is 18.0 Å². The molecule has 27 heavy (non-hydrogen) atoms. The maximum atomic E-state index is 5.45. The summed E-state index contributed by atoms with van der Waals surface area (Å²) in [4.78, 5) is 4.54. The SMILES string of the molecule is Cc1ccccc1-c1noc(CN[C@H](Cn2cccn2)c2ccccc2)n1. The summed E-state index contributed by atoms with van der Waals surface area (Å²) < 4.78 is 7.36. The Hall–Kier alpha value is -3.25. The van der Waals surface area contributed by atoms with Crippen molar-refractivity contribution in [3.63, 3.8) is 0 Å². The maximum Gasteiger partial charge on any atom is 0.240 e. The molecule has 0 aliphatic carbocycles. The first-order chi connectivity index (χ1) is 13.3. The zero-order valence-electron chi connectivity index (χ0n) is 15.1. The monoisotopic (exact) mass is 359 g/mol. The van der Waals surface area contributed by atoms with Crippen molar-refractivity contribution in [2.45, 2.75) is 26.1 Å². The topological polar surface area (TPSA) is 68.8 Å². The fourth-order valence-electron chi connectivity index (χ4n) is 3.04. The summed E-state index contributed by atoms with van der Waals surface area (Å²) in [6, 6.07) is 20.3. The number of rotatable bonds is 7. The van der Waals surface area contributed by atoms with Crippen LogP contribution in [0.3, 0.4) is 0 Å². The molecule has 1 N–H and O–H groups in total. The third kappa shape index (κ3) is 4.12. The molecule has 0 amide bonds. The Labute approximate surface area is 157 Å². The molecular weight excluding hydrogens is 338 g/mol. The van der Waals surface area contributed by atoms with E-state index in [0.717, 1.165) is 17.7 Å². The Balaban J connectivity index is 1.49. The van der Waals surface area contributed by atoms with Crippen LogP contribution < -0.4 is 5.32 Å². The molecule has 6 heteroatoms. The van der Waals surface area contributed by atoms with Crippen molar-refractivity contribution < 1.29 is 4.52 Å². The van der Waals surface area contributed by atoms with Crippen LogP contribution in [0.25, 0.3) is 11.4 Å². The van der Waals surface area contributed by atoms with E-state index < -0.39 is 0 Å². The number of benzene rings is 2. The quantitative estimate of drug-likeness (QED) is 0.544. The minimum atomic E-state index is 0.0833. The fraction of sp³-hybridized carbons (Fsp3) is 0.190. The third-order valence-electron chi connectivity index (χ3n) is 4.48. The third-order valence-corrected chi connectivity index (χ3v) is 4.48. The lowest BCUT2D eigenvalue weighted by Gasteiger charge is -2.18. The molecule has 6 nitrogen and oxygen atoms in total. The Morgan fingerprint density at radius 2 is 1.85 bits per heavy atom. The largest absolute Gasteiger partial charge is 0.338 e. The predicted molar refractivity (Wildman–Crippen MR) is 103 cm³/mol. The summed E-state index contributed by atoms with van der Waals surface area (Å²) in [6.07, 6.45) is 3.75. The summed E-state index contributed by atoms with van der Waals surface area (Å²) in [7, 11) is 0. The smallest absolute Gasteiger partial charge is 0.240 e. The van der Waals surface area contributed by atoms with Crippen molar-refractivity contribution >= 4 is 0 Å². The van der Waals surface area contributed by atoms with E-state index in [1.54, 1.807) is 6.20 Å². The first-order valence-corrected chi connectivity index (χ1v) is 8.94. The Morgan fingerprint density at radius 3 is 2.63 bits per heavy atom. The van der Waals surface area contributed by atoms with E-state index in [2.05, 4.69) is 32.7 Å². The normalized spacial score (nSPS) is 12.2. The van der Waals surface area contributed by atoms with Gasteiger partial charge >= 0.3 is 0 Å². The van der Waals surface area contributed by atoms with Crippen LogP contribution in [0.4, 0.5) is 0 Å². The van der Waals surface area contributed by atoms with Crippen molar-refractivity contribution in [1.82, 2.24) is 25.2 Å². The van der Waals surface area contributed by atoms with Crippen molar-refractivity contribution in [1.29, 1.82) is 0 Å². The molecule has 136 valence electrons. The minimum absolute atomic E-state index is 0.0833. The lowest BCUT2D eigenvalue weighted by Crippen LogP contribution is -2.25. The van der Waals surface area contributed by atoms with Crippen LogP contribution in [-0.2, 0) is 13.1 Å². The number of hydrogen-bond donors (Lipinski definition) is 1. The molecule has 0 spiro atoms. The van der Waals surface area contributed by atoms with E-state index in [0.29, 0.717) is 18.3 Å². The number of aryl methyl sites for hydroxylation is 1. The summed E-state index contributed by atoms with van der Waals surface area (Å²) in [5.74, 6) is 1.18. The molecule has 0 aliphatic heterocycles. The van der Waals surface area contributed by atoms with Crippen molar-refractivity contribution in [2.24, 2.45) is 0 Å². The Kier molecular flexibility index (Phi) is 5.07. The highest BCUT2D eigenvalue weighted by Crippen LogP contribution is 2.20. The molecule has 2 aromatic heterocycles. The van der Waals surface area contributed by atoms with Crippen molar-refractivity contribution in [3.8, 4) is 11.4 Å². The molecule has 2 aromatic carbocycles. The summed E-state index contributed by atoms with van der Waals surface area (Å²) in [5, 5.41) is 12.0. The van der Waals surface area contributed by atoms with Gasteiger partial charge in [-0.1, -0.05) is 59.8 Å². The predicted octanol–water partition coefficient (Wildman–Crippen LogP) is 3.77. The molecular formula is C21H21N5O. The van der Waals surface area contributed by atoms with Crippen LogP contribution >= 0.6 is 0 Å². The summed E-state index contributed by atoms with van der Waals surface area (Å²) in [5.41, 5.74) is 3.30. The fourth-order valence-corrected chi connectivity index (χ4v) is 3.04. The van der Waals surface area contributed by atoms with Crippen molar-refractivity contribution in [2.75, 3.05) is 0 Å². The van der Waals surface area contributed by atoms with Gasteiger partial charge in [-0.15, -0.1) is 0 Å². The van der Waals surface area contributed by atoms with Crippen LogP contribution in [0, 0.1) is 6.92 Å². The van der Waals surface area contributed by atoms with Gasteiger partial charge in [0.15, 0.2) is 0 Å². The van der Waals surface area contributed by atoms with Gasteiger partial charge in [0.2, 0.25) is 11.7 Å². The lowest BCUT2D eigenvalue weighted by atomic mass is 10.1. The second-order valence-electron chi connectivity index (χ2n) is 6.40. The van der Waals surface area contributed by atoms with Crippen LogP contribution in [0.5, 0.6) is 0 Å². The van der Waals surface area contributed by atoms with Gasteiger partial charge < -0.3 is 4.52 Å². The van der Waals surface area contributed by atoms with Crippen LogP contribution in [0.2, 0.25) is 0 Å². The van der Waals surface area contributed by atoms with Gasteiger partial charge in [-0.2, -0.15) is 10.1 Å². The average molecular weight is 359 g/mol. The molecule has 2 heterocycles. The van der Waals surface area contributed by atoms with Crippen molar-refractivity contribution in [3.05, 3.63) is 90.1 Å². The highest BCUT2D eigenvalue weighted by atomic mass is 16.5. The van der Waals surface area contributed by atoms with E-state index in [4.69, 9.17) is 4.52 Å². The molecule has 0 bridgehead atoms. The van der Waals surface area contributed by atoms with Gasteiger partial charge in [0.25, 0.3) is 0 Å². The summed E-state index contributed by atoms with van der Waals surface area (Å²) >= 11 is 0. The molecule has 4 rings (SSSR count). The molecule has 0 radical (unpaired) electrons. The van der Waals surface area contributed by atoms with Gasteiger partial charge in [0.05, 0.1) is 19.1 Å². The first-order valence-electron chi connectivity index (χ1n) is 8.94. The lowest BCUT2D eigenvalue weighted by molar-refractivity contribution is 0.347. The molecule has 0 fully saturated rings. The number of nitrogens with one attached hydrogen (secondary N) is 1. The van der Waals surface area contributed by atoms with E-state index in [1.807, 2.05) is 66.3 Å².